The maximum absolute atomic E-state index is 8.45. The lowest BCUT2D eigenvalue weighted by Gasteiger charge is -2.08. The fourth-order valence-corrected chi connectivity index (χ4v) is 2.60. The number of hydrogen-bond donors (Lipinski definition) is 1. The Kier molecular flexibility index (Phi) is 4.00. The van der Waals surface area contributed by atoms with Gasteiger partial charge in [-0.3, -0.25) is 0 Å². The highest BCUT2D eigenvalue weighted by Crippen LogP contribution is 2.35. The molecule has 0 aliphatic rings. The van der Waals surface area contributed by atoms with Crippen LogP contribution in [0.1, 0.15) is 12.8 Å². The number of anilines is 1. The molecule has 7 heteroatoms. The molecule has 1 heterocycles. The summed E-state index contributed by atoms with van der Waals surface area (Å²) >= 11 is 13.2. The number of halogens is 2. The average Bonchev–Trinajstić information content (AvgIpc) is 2.77. The van der Waals surface area contributed by atoms with Crippen LogP contribution in [0.5, 0.6) is 0 Å². The maximum Gasteiger partial charge on any atom is 0.130 e. The monoisotopic (exact) mass is 286 g/mol. The Hall–Kier alpha value is -1.09. The summed E-state index contributed by atoms with van der Waals surface area (Å²) in [4.78, 5) is 0. The molecule has 1 aromatic carbocycles. The molecular weight excluding hydrogens is 279 g/mol. The Labute approximate surface area is 112 Å². The Morgan fingerprint density at radius 2 is 2.06 bits per heavy atom. The van der Waals surface area contributed by atoms with E-state index in [1.807, 2.05) is 0 Å². The summed E-state index contributed by atoms with van der Waals surface area (Å²) in [5, 5.41) is 12.6. The molecule has 0 amide bonds. The SMILES string of the molecule is N#CCCCNc1c(Cl)cc(Cl)c2nsnc12. The zero-order chi connectivity index (χ0) is 12.3. The summed E-state index contributed by atoms with van der Waals surface area (Å²) in [6, 6.07) is 3.74. The molecule has 17 heavy (non-hydrogen) atoms. The van der Waals surface area contributed by atoms with E-state index in [1.165, 1.54) is 0 Å². The van der Waals surface area contributed by atoms with Crippen LogP contribution in [0.25, 0.3) is 11.0 Å². The highest BCUT2D eigenvalue weighted by molar-refractivity contribution is 7.00. The fourth-order valence-electron chi connectivity index (χ4n) is 1.42. The third kappa shape index (κ3) is 2.60. The number of fused-ring (bicyclic) bond motifs is 1. The van der Waals surface area contributed by atoms with Gasteiger partial charge in [-0.05, 0) is 12.5 Å². The van der Waals surface area contributed by atoms with Gasteiger partial charge in [0.1, 0.15) is 11.0 Å². The first-order chi connectivity index (χ1) is 8.24. The molecular formula is C10H8Cl2N4S. The van der Waals surface area contributed by atoms with Crippen molar-refractivity contribution >= 4 is 51.7 Å². The molecule has 2 aromatic rings. The minimum Gasteiger partial charge on any atom is -0.382 e. The van der Waals surface area contributed by atoms with Crippen LogP contribution in [0.3, 0.4) is 0 Å². The second-order valence-electron chi connectivity index (χ2n) is 3.37. The third-order valence-electron chi connectivity index (χ3n) is 2.21. The van der Waals surface area contributed by atoms with E-state index < -0.39 is 0 Å². The smallest absolute Gasteiger partial charge is 0.130 e. The van der Waals surface area contributed by atoms with Crippen LogP contribution in [0.15, 0.2) is 6.07 Å². The van der Waals surface area contributed by atoms with Crippen LogP contribution in [-0.2, 0) is 0 Å². The van der Waals surface area contributed by atoms with Crippen molar-refractivity contribution in [2.45, 2.75) is 12.8 Å². The number of nitrogens with one attached hydrogen (secondary N) is 1. The quantitative estimate of drug-likeness (QED) is 0.871. The molecule has 0 fully saturated rings. The molecule has 0 bridgehead atoms. The summed E-state index contributed by atoms with van der Waals surface area (Å²) in [7, 11) is 0. The molecule has 0 aliphatic heterocycles. The normalized spacial score (nSPS) is 10.4. The van der Waals surface area contributed by atoms with Crippen LogP contribution in [0.2, 0.25) is 10.0 Å². The Morgan fingerprint density at radius 3 is 2.82 bits per heavy atom. The van der Waals surface area contributed by atoms with Crippen molar-refractivity contribution in [3.05, 3.63) is 16.1 Å². The number of nitriles is 1. The summed E-state index contributed by atoms with van der Waals surface area (Å²) in [5.41, 5.74) is 2.08. The van der Waals surface area contributed by atoms with E-state index in [1.54, 1.807) is 6.07 Å². The summed E-state index contributed by atoms with van der Waals surface area (Å²) in [5.74, 6) is 0. The average molecular weight is 287 g/mol. The number of nitrogens with zero attached hydrogens (tertiary/aromatic N) is 3. The van der Waals surface area contributed by atoms with Crippen LogP contribution in [0.4, 0.5) is 5.69 Å². The van der Waals surface area contributed by atoms with Crippen molar-refractivity contribution in [3.8, 4) is 6.07 Å². The van der Waals surface area contributed by atoms with E-state index in [-0.39, 0.29) is 0 Å². The van der Waals surface area contributed by atoms with Crippen molar-refractivity contribution in [2.75, 3.05) is 11.9 Å². The number of hydrogen-bond acceptors (Lipinski definition) is 5. The van der Waals surface area contributed by atoms with Gasteiger partial charge in [0.05, 0.1) is 33.5 Å². The van der Waals surface area contributed by atoms with Crippen molar-refractivity contribution < 1.29 is 0 Å². The van der Waals surface area contributed by atoms with Crippen molar-refractivity contribution in [3.63, 3.8) is 0 Å². The molecule has 0 saturated carbocycles. The first kappa shape index (κ1) is 12.4. The zero-order valence-electron chi connectivity index (χ0n) is 8.70. The molecule has 1 N–H and O–H groups in total. The lowest BCUT2D eigenvalue weighted by molar-refractivity contribution is 0.898. The Balaban J connectivity index is 2.27. The van der Waals surface area contributed by atoms with Gasteiger partial charge >= 0.3 is 0 Å². The standard InChI is InChI=1S/C10H8Cl2N4S/c11-6-5-7(12)9-10(16-17-15-9)8(6)14-4-2-1-3-13/h5,14H,1-2,4H2. The predicted molar refractivity (Wildman–Crippen MR) is 70.8 cm³/mol. The van der Waals surface area contributed by atoms with Crippen molar-refractivity contribution in [1.82, 2.24) is 8.75 Å². The maximum atomic E-state index is 8.45. The van der Waals surface area contributed by atoms with Gasteiger partial charge < -0.3 is 5.32 Å². The highest BCUT2D eigenvalue weighted by Gasteiger charge is 2.13. The predicted octanol–water partition coefficient (Wildman–Crippen LogP) is 3.71. The van der Waals surface area contributed by atoms with Crippen LogP contribution in [0, 0.1) is 11.3 Å². The summed E-state index contributed by atoms with van der Waals surface area (Å²) < 4.78 is 8.29. The molecule has 0 atom stereocenters. The molecule has 0 aliphatic carbocycles. The van der Waals surface area contributed by atoms with E-state index >= 15 is 0 Å². The van der Waals surface area contributed by atoms with Gasteiger partial charge in [0.15, 0.2) is 0 Å². The van der Waals surface area contributed by atoms with Crippen LogP contribution >= 0.6 is 34.9 Å². The highest BCUT2D eigenvalue weighted by atomic mass is 35.5. The zero-order valence-corrected chi connectivity index (χ0v) is 11.0. The second kappa shape index (κ2) is 5.50. The van der Waals surface area contributed by atoms with E-state index in [4.69, 9.17) is 28.5 Å². The van der Waals surface area contributed by atoms with Gasteiger partial charge in [-0.2, -0.15) is 14.0 Å². The van der Waals surface area contributed by atoms with Gasteiger partial charge in [0, 0.05) is 13.0 Å². The molecule has 2 rings (SSSR count). The molecule has 0 spiro atoms. The molecule has 88 valence electrons. The second-order valence-corrected chi connectivity index (χ2v) is 4.71. The molecule has 0 unspecified atom stereocenters. The number of unbranched alkanes of at least 4 members (excludes halogenated alkanes) is 1. The molecule has 4 nitrogen and oxygen atoms in total. The summed E-state index contributed by atoms with van der Waals surface area (Å²) in [6.45, 7) is 0.668. The summed E-state index contributed by atoms with van der Waals surface area (Å²) in [6.07, 6.45) is 1.27. The first-order valence-corrected chi connectivity index (χ1v) is 6.43. The van der Waals surface area contributed by atoms with Gasteiger partial charge in [0.2, 0.25) is 0 Å². The van der Waals surface area contributed by atoms with Gasteiger partial charge in [-0.1, -0.05) is 23.2 Å². The molecule has 1 aromatic heterocycles. The lowest BCUT2D eigenvalue weighted by atomic mass is 10.2. The fraction of sp³-hybridized carbons (Fsp3) is 0.300. The molecule has 0 saturated heterocycles. The Morgan fingerprint density at radius 1 is 1.29 bits per heavy atom. The van der Waals surface area contributed by atoms with E-state index in [2.05, 4.69) is 20.1 Å². The topological polar surface area (TPSA) is 61.6 Å². The third-order valence-corrected chi connectivity index (χ3v) is 3.33. The number of benzene rings is 1. The van der Waals surface area contributed by atoms with Crippen molar-refractivity contribution in [2.24, 2.45) is 0 Å². The van der Waals surface area contributed by atoms with E-state index in [0.29, 0.717) is 34.0 Å². The molecule has 0 radical (unpaired) electrons. The van der Waals surface area contributed by atoms with E-state index in [0.717, 1.165) is 23.8 Å². The first-order valence-electron chi connectivity index (χ1n) is 4.95. The van der Waals surface area contributed by atoms with Gasteiger partial charge in [0.25, 0.3) is 0 Å². The number of rotatable bonds is 4. The van der Waals surface area contributed by atoms with Crippen molar-refractivity contribution in [1.29, 1.82) is 5.26 Å². The van der Waals surface area contributed by atoms with Crippen LogP contribution in [-0.4, -0.2) is 15.3 Å². The Bertz CT molecular complexity index is 575. The van der Waals surface area contributed by atoms with Crippen LogP contribution < -0.4 is 5.32 Å². The minimum atomic E-state index is 0.501. The lowest BCUT2D eigenvalue weighted by Crippen LogP contribution is -2.02. The minimum absolute atomic E-state index is 0.501. The van der Waals surface area contributed by atoms with Gasteiger partial charge in [-0.25, -0.2) is 0 Å². The van der Waals surface area contributed by atoms with Gasteiger partial charge in [-0.15, -0.1) is 0 Å². The largest absolute Gasteiger partial charge is 0.382 e. The van der Waals surface area contributed by atoms with E-state index in [9.17, 15) is 0 Å². The number of aromatic nitrogens is 2.